The van der Waals surface area contributed by atoms with E-state index in [-0.39, 0.29) is 11.6 Å². The molecule has 144 valence electrons. The van der Waals surface area contributed by atoms with E-state index < -0.39 is 20.1 Å². The monoisotopic (exact) mass is 410 g/mol. The van der Waals surface area contributed by atoms with E-state index in [1.54, 1.807) is 11.3 Å². The summed E-state index contributed by atoms with van der Waals surface area (Å²) in [7, 11) is -3.38. The van der Waals surface area contributed by atoms with Crippen molar-refractivity contribution < 1.29 is 9.83 Å². The highest BCUT2D eigenvalue weighted by Gasteiger charge is 2.63. The molecule has 1 spiro atoms. The molecule has 2 aliphatic rings. The zero-order valence-corrected chi connectivity index (χ0v) is 17.5. The number of hydrogen-bond acceptors (Lipinski definition) is 4. The van der Waals surface area contributed by atoms with Crippen LogP contribution in [0.25, 0.3) is 26.2 Å². The second kappa shape index (κ2) is 5.67. The van der Waals surface area contributed by atoms with Gasteiger partial charge in [0.15, 0.2) is 11.2 Å². The fourth-order valence-electron chi connectivity index (χ4n) is 4.33. The Balaban J connectivity index is 1.66. The van der Waals surface area contributed by atoms with Crippen molar-refractivity contribution in [2.75, 3.05) is 5.75 Å². The molecule has 4 nitrogen and oxygen atoms in total. The number of rotatable bonds is 2. The first-order chi connectivity index (χ1) is 13.8. The quantitative estimate of drug-likeness (QED) is 0.636. The van der Waals surface area contributed by atoms with Gasteiger partial charge in [-0.15, -0.1) is 11.3 Å². The van der Waals surface area contributed by atoms with Gasteiger partial charge in [-0.1, -0.05) is 24.3 Å². The molecular weight excluding hydrogens is 388 g/mol. The minimum Gasteiger partial charge on any atom is -0.362 e. The summed E-state index contributed by atoms with van der Waals surface area (Å²) in [6, 6.07) is 12.6. The predicted molar refractivity (Wildman–Crippen MR) is 118 cm³/mol. The normalized spacial score (nSPS) is 27.5. The molecule has 2 fully saturated rings. The van der Waals surface area contributed by atoms with Crippen LogP contribution in [0.5, 0.6) is 0 Å². The molecule has 2 heterocycles. The Morgan fingerprint density at radius 1 is 1.18 bits per heavy atom. The van der Waals surface area contributed by atoms with Gasteiger partial charge in [-0.2, -0.15) is 0 Å². The summed E-state index contributed by atoms with van der Waals surface area (Å²) < 4.78 is 35.1. The molecule has 1 saturated carbocycles. The Morgan fingerprint density at radius 3 is 2.57 bits per heavy atom. The number of nitrogens with one attached hydrogen (secondary N) is 2. The van der Waals surface area contributed by atoms with Crippen LogP contribution in [0.15, 0.2) is 42.5 Å². The SMILES string of the molecule is [H]/N=C1/N[C@](C)(c2ccc3sc4ccc(C=CC)cc4c3c2)CS(=O)(=O)C12CC2. The molecule has 5 rings (SSSR count). The van der Waals surface area contributed by atoms with Crippen LogP contribution in [0, 0.1) is 5.40 Å². The summed E-state index contributed by atoms with van der Waals surface area (Å²) in [5.41, 5.74) is 1.24. The van der Waals surface area contributed by atoms with Crippen molar-refractivity contribution in [1.82, 2.24) is 5.32 Å². The summed E-state index contributed by atoms with van der Waals surface area (Å²) in [6.45, 7) is 3.90. The van der Waals surface area contributed by atoms with Gasteiger partial charge in [-0.25, -0.2) is 8.42 Å². The van der Waals surface area contributed by atoms with Crippen molar-refractivity contribution in [1.29, 1.82) is 5.40 Å². The maximum Gasteiger partial charge on any atom is 0.189 e. The molecule has 1 aliphatic heterocycles. The highest BCUT2D eigenvalue weighted by molar-refractivity contribution is 7.94. The molecule has 0 radical (unpaired) electrons. The summed E-state index contributed by atoms with van der Waals surface area (Å²) in [4.78, 5) is 0. The third kappa shape index (κ3) is 2.40. The number of fused-ring (bicyclic) bond motifs is 3. The first-order valence-electron chi connectivity index (χ1n) is 9.89. The lowest BCUT2D eigenvalue weighted by Gasteiger charge is -2.40. The molecule has 1 aliphatic carbocycles. The van der Waals surface area contributed by atoms with Crippen LogP contribution >= 0.6 is 11.3 Å². The van der Waals surface area contributed by atoms with E-state index >= 15 is 0 Å². The smallest absolute Gasteiger partial charge is 0.189 e. The first-order valence-corrected chi connectivity index (χ1v) is 11.9. The minimum atomic E-state index is -3.38. The van der Waals surface area contributed by atoms with Crippen LogP contribution in [0.4, 0.5) is 0 Å². The number of hydrogen-bond donors (Lipinski definition) is 2. The second-order valence-electron chi connectivity index (χ2n) is 8.13. The Morgan fingerprint density at radius 2 is 1.89 bits per heavy atom. The Bertz CT molecular complexity index is 1320. The number of benzene rings is 2. The van der Waals surface area contributed by atoms with E-state index in [1.807, 2.05) is 26.0 Å². The van der Waals surface area contributed by atoms with Gasteiger partial charge in [-0.05, 0) is 62.1 Å². The van der Waals surface area contributed by atoms with Crippen molar-refractivity contribution >= 4 is 53.3 Å². The first kappa shape index (κ1) is 16.7. The van der Waals surface area contributed by atoms with Gasteiger partial charge >= 0.3 is 0 Å². The van der Waals surface area contributed by atoms with E-state index in [9.17, 15) is 8.42 Å². The van der Waals surface area contributed by atoms with Crippen LogP contribution < -0.4 is 5.32 Å². The molecule has 2 aromatic carbocycles. The van der Waals surface area contributed by atoms with Crippen molar-refractivity contribution in [2.24, 2.45) is 0 Å². The number of allylic oxidation sites excluding steroid dienone is 1. The average molecular weight is 411 g/mol. The highest BCUT2D eigenvalue weighted by atomic mass is 32.2. The molecular formula is C22H22N2O2S2. The number of sulfone groups is 1. The maximum atomic E-state index is 13.1. The molecule has 0 bridgehead atoms. The molecule has 1 saturated heterocycles. The highest BCUT2D eigenvalue weighted by Crippen LogP contribution is 2.49. The summed E-state index contributed by atoms with van der Waals surface area (Å²) in [6.07, 6.45) is 5.21. The lowest BCUT2D eigenvalue weighted by atomic mass is 9.91. The largest absolute Gasteiger partial charge is 0.362 e. The fraction of sp³-hybridized carbons (Fsp3) is 0.318. The van der Waals surface area contributed by atoms with Crippen LogP contribution in [0.2, 0.25) is 1.41 Å². The van der Waals surface area contributed by atoms with E-state index in [2.05, 4.69) is 47.1 Å². The van der Waals surface area contributed by atoms with Gasteiger partial charge < -0.3 is 5.32 Å². The van der Waals surface area contributed by atoms with Crippen molar-refractivity contribution in [3.8, 4) is 0 Å². The van der Waals surface area contributed by atoms with Crippen molar-refractivity contribution in [3.05, 3.63) is 53.6 Å². The Labute approximate surface area is 170 Å². The Kier molecular flexibility index (Phi) is 3.39. The van der Waals surface area contributed by atoms with Gasteiger partial charge in [0.1, 0.15) is 10.6 Å². The maximum absolute atomic E-state index is 13.1. The van der Waals surface area contributed by atoms with Gasteiger partial charge in [0.25, 0.3) is 0 Å². The average Bonchev–Trinajstić information content (AvgIpc) is 3.42. The van der Waals surface area contributed by atoms with Crippen molar-refractivity contribution in [3.63, 3.8) is 0 Å². The molecule has 1 aromatic heterocycles. The van der Waals surface area contributed by atoms with Crippen LogP contribution in [-0.2, 0) is 15.4 Å². The third-order valence-corrected chi connectivity index (χ3v) is 9.99. The molecule has 0 amide bonds. The molecule has 3 aromatic rings. The molecule has 6 heteroatoms. The number of thiophene rings is 1. The molecule has 0 unspecified atom stereocenters. The summed E-state index contributed by atoms with van der Waals surface area (Å²) in [5, 5.41) is 9.21. The van der Waals surface area contributed by atoms with E-state index in [0.29, 0.717) is 12.8 Å². The van der Waals surface area contributed by atoms with Gasteiger partial charge in [0.05, 0.1) is 11.3 Å². The van der Waals surface area contributed by atoms with Crippen LogP contribution in [0.3, 0.4) is 0 Å². The molecule has 2 N–H and O–H groups in total. The predicted octanol–water partition coefficient (Wildman–Crippen LogP) is 4.83. The fourth-order valence-corrected chi connectivity index (χ4v) is 7.74. The van der Waals surface area contributed by atoms with Gasteiger partial charge in [-0.3, -0.25) is 5.40 Å². The van der Waals surface area contributed by atoms with Gasteiger partial charge in [0, 0.05) is 20.2 Å². The van der Waals surface area contributed by atoms with Crippen LogP contribution in [0.1, 0.15) is 37.8 Å². The lowest BCUT2D eigenvalue weighted by Crippen LogP contribution is -2.60. The summed E-state index contributed by atoms with van der Waals surface area (Å²) in [5.74, 6) is 0.299. The van der Waals surface area contributed by atoms with E-state index in [4.69, 9.17) is 1.41 Å². The lowest BCUT2D eigenvalue weighted by molar-refractivity contribution is 0.454. The zero-order chi connectivity index (χ0) is 20.4. The standard InChI is InChI=1S/C22H22N2O2S2/c1-3-4-14-5-7-18-16(11-14)17-12-15(6-8-19(17)27-18)21(2)13-28(25,26)22(9-10-22)20(23)24-21/h3-8,11-12H,9-10,13H2,1-2H3,(H2,23,24)/t21-/m0/s1. The molecule has 28 heavy (non-hydrogen) atoms. The molecule has 1 atom stereocenters. The second-order valence-corrected chi connectivity index (χ2v) is 11.5. The zero-order valence-electron chi connectivity index (χ0n) is 16.8. The Hall–Kier alpha value is -2.18. The van der Waals surface area contributed by atoms with Crippen molar-refractivity contribution in [2.45, 2.75) is 37.0 Å². The number of amidine groups is 1. The van der Waals surface area contributed by atoms with E-state index in [0.717, 1.165) is 16.5 Å². The minimum absolute atomic E-state index is 0.0103. The van der Waals surface area contributed by atoms with E-state index in [1.165, 1.54) is 14.8 Å². The summed E-state index contributed by atoms with van der Waals surface area (Å²) >= 11 is 1.74. The topological polar surface area (TPSA) is 70.0 Å². The van der Waals surface area contributed by atoms with Gasteiger partial charge in [0.2, 0.25) is 0 Å². The third-order valence-electron chi connectivity index (χ3n) is 6.09. The van der Waals surface area contributed by atoms with Crippen LogP contribution in [-0.4, -0.2) is 24.8 Å².